The lowest BCUT2D eigenvalue weighted by molar-refractivity contribution is 0.102. The van der Waals surface area contributed by atoms with Crippen LogP contribution in [0.5, 0.6) is 0 Å². The van der Waals surface area contributed by atoms with Crippen molar-refractivity contribution in [2.75, 3.05) is 5.32 Å². The third-order valence-corrected chi connectivity index (χ3v) is 3.90. The van der Waals surface area contributed by atoms with Crippen LogP contribution in [0.15, 0.2) is 42.7 Å². The molecule has 0 saturated heterocycles. The van der Waals surface area contributed by atoms with Crippen molar-refractivity contribution in [3.8, 4) is 0 Å². The van der Waals surface area contributed by atoms with Crippen LogP contribution in [0.2, 0.25) is 0 Å². The van der Waals surface area contributed by atoms with Crippen molar-refractivity contribution < 1.29 is 4.79 Å². The summed E-state index contributed by atoms with van der Waals surface area (Å²) in [6.07, 6.45) is 3.28. The van der Waals surface area contributed by atoms with E-state index in [1.165, 1.54) is 0 Å². The van der Waals surface area contributed by atoms with Gasteiger partial charge in [-0.05, 0) is 31.2 Å². The standard InChI is InChI=1S/C16H14N6O/c1-10-19-12-9-11(3-4-13(12)21(10)2)16(23)20-15-5-7-17-14-6-8-18-22(14)15/h3-9H,1-2H3,(H,20,23). The molecule has 0 bridgehead atoms. The zero-order valence-electron chi connectivity index (χ0n) is 12.7. The van der Waals surface area contributed by atoms with Crippen LogP contribution in [0, 0.1) is 6.92 Å². The van der Waals surface area contributed by atoms with Crippen LogP contribution in [-0.2, 0) is 7.05 Å². The number of amides is 1. The van der Waals surface area contributed by atoms with Crippen molar-refractivity contribution in [3.05, 3.63) is 54.1 Å². The average molecular weight is 306 g/mol. The highest BCUT2D eigenvalue weighted by molar-refractivity contribution is 6.05. The Morgan fingerprint density at radius 2 is 2.04 bits per heavy atom. The van der Waals surface area contributed by atoms with Crippen molar-refractivity contribution in [1.82, 2.24) is 24.1 Å². The second-order valence-corrected chi connectivity index (χ2v) is 5.31. The molecule has 23 heavy (non-hydrogen) atoms. The molecule has 0 atom stereocenters. The Hall–Kier alpha value is -3.22. The maximum Gasteiger partial charge on any atom is 0.256 e. The van der Waals surface area contributed by atoms with E-state index in [2.05, 4.69) is 20.4 Å². The zero-order chi connectivity index (χ0) is 16.0. The molecule has 0 spiro atoms. The van der Waals surface area contributed by atoms with Gasteiger partial charge in [0.15, 0.2) is 5.65 Å². The fourth-order valence-corrected chi connectivity index (χ4v) is 2.58. The average Bonchev–Trinajstić information content (AvgIpc) is 3.13. The van der Waals surface area contributed by atoms with Crippen LogP contribution in [0.4, 0.5) is 5.82 Å². The molecule has 1 N–H and O–H groups in total. The first-order valence-electron chi connectivity index (χ1n) is 7.17. The number of fused-ring (bicyclic) bond motifs is 2. The Kier molecular flexibility index (Phi) is 2.87. The minimum Gasteiger partial charge on any atom is -0.331 e. The number of carbonyl (C=O) groups excluding carboxylic acids is 1. The van der Waals surface area contributed by atoms with Gasteiger partial charge in [0.2, 0.25) is 0 Å². The molecule has 7 nitrogen and oxygen atoms in total. The number of aryl methyl sites for hydroxylation is 2. The molecule has 7 heteroatoms. The Morgan fingerprint density at radius 3 is 2.91 bits per heavy atom. The maximum absolute atomic E-state index is 12.5. The fraction of sp³-hybridized carbons (Fsp3) is 0.125. The molecule has 0 unspecified atom stereocenters. The molecular weight excluding hydrogens is 292 g/mol. The number of aromatic nitrogens is 5. The molecule has 0 saturated carbocycles. The number of nitrogens with one attached hydrogen (secondary N) is 1. The lowest BCUT2D eigenvalue weighted by atomic mass is 10.2. The third-order valence-electron chi connectivity index (χ3n) is 3.90. The second kappa shape index (κ2) is 4.91. The second-order valence-electron chi connectivity index (χ2n) is 5.31. The molecule has 4 rings (SSSR count). The minimum atomic E-state index is -0.210. The van der Waals surface area contributed by atoms with E-state index in [-0.39, 0.29) is 5.91 Å². The summed E-state index contributed by atoms with van der Waals surface area (Å²) in [5.74, 6) is 1.27. The van der Waals surface area contributed by atoms with Crippen molar-refractivity contribution >= 4 is 28.4 Å². The topological polar surface area (TPSA) is 77.1 Å². The number of benzene rings is 1. The number of rotatable bonds is 2. The monoisotopic (exact) mass is 306 g/mol. The normalized spacial score (nSPS) is 11.2. The molecule has 0 aliphatic carbocycles. The summed E-state index contributed by atoms with van der Waals surface area (Å²) in [6, 6.07) is 8.97. The van der Waals surface area contributed by atoms with Crippen LogP contribution < -0.4 is 5.32 Å². The lowest BCUT2D eigenvalue weighted by Gasteiger charge is -2.07. The molecule has 0 fully saturated rings. The van der Waals surface area contributed by atoms with Gasteiger partial charge in [0, 0.05) is 24.9 Å². The van der Waals surface area contributed by atoms with E-state index < -0.39 is 0 Å². The van der Waals surface area contributed by atoms with E-state index in [0.29, 0.717) is 17.0 Å². The third kappa shape index (κ3) is 2.13. The van der Waals surface area contributed by atoms with Crippen LogP contribution in [0.1, 0.15) is 16.2 Å². The largest absolute Gasteiger partial charge is 0.331 e. The maximum atomic E-state index is 12.5. The smallest absolute Gasteiger partial charge is 0.256 e. The van der Waals surface area contributed by atoms with E-state index in [1.807, 2.05) is 24.6 Å². The van der Waals surface area contributed by atoms with Crippen LogP contribution in [0.25, 0.3) is 16.7 Å². The highest BCUT2D eigenvalue weighted by atomic mass is 16.1. The number of hydrogen-bond acceptors (Lipinski definition) is 4. The molecule has 0 aliphatic heterocycles. The quantitative estimate of drug-likeness (QED) is 0.616. The molecule has 0 aliphatic rings. The molecule has 1 amide bonds. The van der Waals surface area contributed by atoms with E-state index in [4.69, 9.17) is 0 Å². The van der Waals surface area contributed by atoms with Gasteiger partial charge < -0.3 is 9.88 Å². The van der Waals surface area contributed by atoms with Gasteiger partial charge in [0.05, 0.1) is 17.2 Å². The highest BCUT2D eigenvalue weighted by Gasteiger charge is 2.12. The van der Waals surface area contributed by atoms with Crippen molar-refractivity contribution in [2.24, 2.45) is 7.05 Å². The van der Waals surface area contributed by atoms with Crippen LogP contribution in [0.3, 0.4) is 0 Å². The lowest BCUT2D eigenvalue weighted by Crippen LogP contribution is -2.15. The van der Waals surface area contributed by atoms with E-state index in [1.54, 1.807) is 41.2 Å². The first kappa shape index (κ1) is 13.4. The molecule has 3 aromatic heterocycles. The zero-order valence-corrected chi connectivity index (χ0v) is 12.7. The van der Waals surface area contributed by atoms with Gasteiger partial charge in [-0.15, -0.1) is 0 Å². The Morgan fingerprint density at radius 1 is 1.17 bits per heavy atom. The summed E-state index contributed by atoms with van der Waals surface area (Å²) in [5, 5.41) is 7.01. The van der Waals surface area contributed by atoms with Gasteiger partial charge in [-0.25, -0.2) is 9.97 Å². The van der Waals surface area contributed by atoms with Crippen molar-refractivity contribution in [3.63, 3.8) is 0 Å². The number of imidazole rings is 1. The molecule has 3 heterocycles. The molecular formula is C16H14N6O. The van der Waals surface area contributed by atoms with Crippen molar-refractivity contribution in [2.45, 2.75) is 6.92 Å². The number of carbonyl (C=O) groups is 1. The van der Waals surface area contributed by atoms with Gasteiger partial charge in [0.25, 0.3) is 5.91 Å². The number of hydrogen-bond donors (Lipinski definition) is 1. The van der Waals surface area contributed by atoms with E-state index >= 15 is 0 Å². The van der Waals surface area contributed by atoms with Gasteiger partial charge in [-0.2, -0.15) is 9.61 Å². The Labute approximate surface area is 131 Å². The first-order valence-corrected chi connectivity index (χ1v) is 7.17. The van der Waals surface area contributed by atoms with Gasteiger partial charge in [-0.3, -0.25) is 4.79 Å². The Bertz CT molecular complexity index is 1050. The highest BCUT2D eigenvalue weighted by Crippen LogP contribution is 2.17. The SMILES string of the molecule is Cc1nc2cc(C(=O)Nc3ccnc4ccnn34)ccc2n1C. The summed E-state index contributed by atoms with van der Waals surface area (Å²) in [4.78, 5) is 21.1. The summed E-state index contributed by atoms with van der Waals surface area (Å²) >= 11 is 0. The van der Waals surface area contributed by atoms with Crippen LogP contribution in [-0.4, -0.2) is 30.1 Å². The summed E-state index contributed by atoms with van der Waals surface area (Å²) in [5.41, 5.74) is 3.03. The van der Waals surface area contributed by atoms with Gasteiger partial charge >= 0.3 is 0 Å². The Balaban J connectivity index is 1.70. The fourth-order valence-electron chi connectivity index (χ4n) is 2.58. The molecule has 0 radical (unpaired) electrons. The van der Waals surface area contributed by atoms with Crippen molar-refractivity contribution in [1.29, 1.82) is 0 Å². The summed E-state index contributed by atoms with van der Waals surface area (Å²) < 4.78 is 3.58. The minimum absolute atomic E-state index is 0.210. The predicted octanol–water partition coefficient (Wildman–Crippen LogP) is 2.18. The van der Waals surface area contributed by atoms with Gasteiger partial charge in [-0.1, -0.05) is 0 Å². The number of nitrogens with zero attached hydrogens (tertiary/aromatic N) is 5. The van der Waals surface area contributed by atoms with Crippen LogP contribution >= 0.6 is 0 Å². The predicted molar refractivity (Wildman–Crippen MR) is 86.4 cm³/mol. The van der Waals surface area contributed by atoms with E-state index in [0.717, 1.165) is 16.9 Å². The molecule has 114 valence electrons. The molecule has 1 aromatic carbocycles. The van der Waals surface area contributed by atoms with Gasteiger partial charge in [0.1, 0.15) is 11.6 Å². The summed E-state index contributed by atoms with van der Waals surface area (Å²) in [6.45, 7) is 1.94. The first-order chi connectivity index (χ1) is 11.1. The summed E-state index contributed by atoms with van der Waals surface area (Å²) in [7, 11) is 1.95. The number of anilines is 1. The van der Waals surface area contributed by atoms with E-state index in [9.17, 15) is 4.79 Å². The molecule has 4 aromatic rings.